The van der Waals surface area contributed by atoms with Crippen LogP contribution < -0.4 is 16.0 Å². The summed E-state index contributed by atoms with van der Waals surface area (Å²) >= 11 is 0. The number of aromatic nitrogens is 3. The standard InChI is InChI=1S/C25H24N6O7/c1-25(20(32)22(33)27-15-5-8-17-18(13-15)38-29-21(17)26)24(35)30(11-12-37-25)19-9-10-31(28-19)16-6-3-14(4-7-16)23(34)36-2/h3-10,13,20,32H,11-12H2,1-2H3,(H2,26,29)(H,27,33)/t20?,25-/m1/s1. The number of benzene rings is 2. The number of hydrogen-bond acceptors (Lipinski definition) is 10. The van der Waals surface area contributed by atoms with Gasteiger partial charge in [-0.15, -0.1) is 5.10 Å². The molecule has 1 fully saturated rings. The minimum Gasteiger partial charge on any atom is -0.465 e. The molecule has 4 aromatic rings. The van der Waals surface area contributed by atoms with Crippen LogP contribution in [0.3, 0.4) is 0 Å². The fourth-order valence-corrected chi connectivity index (χ4v) is 4.16. The topological polar surface area (TPSA) is 175 Å². The number of ether oxygens (including phenoxy) is 2. The average molecular weight is 521 g/mol. The summed E-state index contributed by atoms with van der Waals surface area (Å²) < 4.78 is 17.0. The summed E-state index contributed by atoms with van der Waals surface area (Å²) in [5, 5.41) is 22.1. The highest BCUT2D eigenvalue weighted by Crippen LogP contribution is 2.29. The number of nitrogens with two attached hydrogens (primary N) is 1. The Balaban J connectivity index is 1.32. The van der Waals surface area contributed by atoms with E-state index >= 15 is 0 Å². The van der Waals surface area contributed by atoms with Gasteiger partial charge in [-0.3, -0.25) is 14.5 Å². The molecular formula is C25H24N6O7. The van der Waals surface area contributed by atoms with Crippen molar-refractivity contribution in [3.8, 4) is 5.69 Å². The predicted octanol–water partition coefficient (Wildman–Crippen LogP) is 1.50. The SMILES string of the molecule is COC(=O)c1ccc(-n2ccc(N3CCO[C@](C)(C(O)C(=O)Nc4ccc5c(N)noc5c4)C3=O)n2)cc1. The number of esters is 1. The molecule has 2 aromatic heterocycles. The number of nitrogens with one attached hydrogen (secondary N) is 1. The number of anilines is 3. The quantitative estimate of drug-likeness (QED) is 0.316. The molecule has 5 rings (SSSR count). The van der Waals surface area contributed by atoms with Gasteiger partial charge in [0, 0.05) is 24.0 Å². The molecule has 0 aliphatic carbocycles. The molecule has 196 valence electrons. The average Bonchev–Trinajstić information content (AvgIpc) is 3.56. The zero-order chi connectivity index (χ0) is 27.0. The van der Waals surface area contributed by atoms with Crippen LogP contribution in [0.25, 0.3) is 16.7 Å². The van der Waals surface area contributed by atoms with E-state index < -0.39 is 29.5 Å². The normalized spacial score (nSPS) is 18.4. The fourth-order valence-electron chi connectivity index (χ4n) is 4.16. The molecule has 13 heteroatoms. The summed E-state index contributed by atoms with van der Waals surface area (Å²) in [5.41, 5.74) is 5.55. The van der Waals surface area contributed by atoms with Crippen molar-refractivity contribution in [3.05, 3.63) is 60.3 Å². The zero-order valence-electron chi connectivity index (χ0n) is 20.5. The lowest BCUT2D eigenvalue weighted by molar-refractivity contribution is -0.170. The molecule has 1 aliphatic heterocycles. The van der Waals surface area contributed by atoms with Crippen LogP contribution in [0.4, 0.5) is 17.3 Å². The number of amides is 2. The van der Waals surface area contributed by atoms with Gasteiger partial charge in [-0.2, -0.15) is 0 Å². The van der Waals surface area contributed by atoms with Gasteiger partial charge < -0.3 is 30.2 Å². The van der Waals surface area contributed by atoms with Gasteiger partial charge >= 0.3 is 5.97 Å². The molecule has 2 aromatic carbocycles. The maximum atomic E-state index is 13.4. The summed E-state index contributed by atoms with van der Waals surface area (Å²) in [7, 11) is 1.30. The summed E-state index contributed by atoms with van der Waals surface area (Å²) in [6.45, 7) is 1.59. The van der Waals surface area contributed by atoms with Crippen molar-refractivity contribution in [2.75, 3.05) is 36.2 Å². The number of hydrogen-bond donors (Lipinski definition) is 3. The summed E-state index contributed by atoms with van der Waals surface area (Å²) in [4.78, 5) is 39.4. The van der Waals surface area contributed by atoms with E-state index in [9.17, 15) is 19.5 Å². The van der Waals surface area contributed by atoms with Crippen molar-refractivity contribution >= 4 is 46.1 Å². The highest BCUT2D eigenvalue weighted by molar-refractivity contribution is 6.06. The minimum atomic E-state index is -1.87. The third kappa shape index (κ3) is 4.33. The lowest BCUT2D eigenvalue weighted by Gasteiger charge is -2.40. The maximum Gasteiger partial charge on any atom is 0.337 e. The Labute approximate surface area is 215 Å². The number of methoxy groups -OCH3 is 1. The Morgan fingerprint density at radius 2 is 1.97 bits per heavy atom. The van der Waals surface area contributed by atoms with Crippen LogP contribution in [-0.4, -0.2) is 69.8 Å². The van der Waals surface area contributed by atoms with E-state index in [1.165, 1.54) is 29.7 Å². The van der Waals surface area contributed by atoms with Gasteiger partial charge in [0.05, 0.1) is 36.9 Å². The number of carbonyl (C=O) groups is 3. The predicted molar refractivity (Wildman–Crippen MR) is 135 cm³/mol. The number of aliphatic hydroxyl groups is 1. The van der Waals surface area contributed by atoms with E-state index in [4.69, 9.17) is 19.7 Å². The lowest BCUT2D eigenvalue weighted by Crippen LogP contribution is -2.63. The molecule has 4 N–H and O–H groups in total. The smallest absolute Gasteiger partial charge is 0.337 e. The third-order valence-electron chi connectivity index (χ3n) is 6.33. The molecule has 1 unspecified atom stereocenters. The molecule has 3 heterocycles. The van der Waals surface area contributed by atoms with Crippen LogP contribution in [-0.2, 0) is 19.1 Å². The molecule has 0 spiro atoms. The van der Waals surface area contributed by atoms with E-state index in [0.717, 1.165) is 0 Å². The Hall–Kier alpha value is -4.75. The van der Waals surface area contributed by atoms with Gasteiger partial charge in [0.1, 0.15) is 0 Å². The first kappa shape index (κ1) is 24.9. The van der Waals surface area contributed by atoms with Crippen molar-refractivity contribution in [3.63, 3.8) is 0 Å². The number of rotatable bonds is 6. The van der Waals surface area contributed by atoms with Crippen molar-refractivity contribution in [1.29, 1.82) is 0 Å². The number of nitrogens with zero attached hydrogens (tertiary/aromatic N) is 4. The molecule has 0 bridgehead atoms. The summed E-state index contributed by atoms with van der Waals surface area (Å²) in [6.07, 6.45) is -0.181. The monoisotopic (exact) mass is 520 g/mol. The van der Waals surface area contributed by atoms with Crippen molar-refractivity contribution < 1.29 is 33.5 Å². The summed E-state index contributed by atoms with van der Waals surface area (Å²) in [6, 6.07) is 12.9. The van der Waals surface area contributed by atoms with E-state index in [1.54, 1.807) is 48.7 Å². The van der Waals surface area contributed by atoms with Gasteiger partial charge in [0.2, 0.25) is 0 Å². The molecule has 2 atom stereocenters. The second-order valence-corrected chi connectivity index (χ2v) is 8.74. The first-order valence-electron chi connectivity index (χ1n) is 11.6. The van der Waals surface area contributed by atoms with Gasteiger partial charge in [-0.1, -0.05) is 5.16 Å². The van der Waals surface area contributed by atoms with Crippen LogP contribution in [0, 0.1) is 0 Å². The fraction of sp³-hybridized carbons (Fsp3) is 0.240. The van der Waals surface area contributed by atoms with E-state index in [0.29, 0.717) is 33.7 Å². The molecule has 13 nitrogen and oxygen atoms in total. The molecule has 38 heavy (non-hydrogen) atoms. The maximum absolute atomic E-state index is 13.4. The Kier molecular flexibility index (Phi) is 6.30. The van der Waals surface area contributed by atoms with Gasteiger partial charge in [0.25, 0.3) is 11.8 Å². The van der Waals surface area contributed by atoms with Crippen LogP contribution in [0.15, 0.2) is 59.3 Å². The molecule has 2 amide bonds. The highest BCUT2D eigenvalue weighted by atomic mass is 16.5. The van der Waals surface area contributed by atoms with Crippen LogP contribution in [0.2, 0.25) is 0 Å². The second-order valence-electron chi connectivity index (χ2n) is 8.74. The number of fused-ring (bicyclic) bond motifs is 1. The first-order valence-corrected chi connectivity index (χ1v) is 11.6. The minimum absolute atomic E-state index is 0.0660. The van der Waals surface area contributed by atoms with Crippen LogP contribution in [0.1, 0.15) is 17.3 Å². The molecule has 0 saturated carbocycles. The van der Waals surface area contributed by atoms with Gasteiger partial charge in [-0.05, 0) is 43.3 Å². The van der Waals surface area contributed by atoms with Crippen LogP contribution in [0.5, 0.6) is 0 Å². The Morgan fingerprint density at radius 3 is 2.71 bits per heavy atom. The van der Waals surface area contributed by atoms with Crippen LogP contribution >= 0.6 is 0 Å². The molecule has 0 radical (unpaired) electrons. The Bertz CT molecular complexity index is 1530. The van der Waals surface area contributed by atoms with Crippen molar-refractivity contribution in [1.82, 2.24) is 14.9 Å². The van der Waals surface area contributed by atoms with E-state index in [2.05, 4.69) is 15.6 Å². The van der Waals surface area contributed by atoms with Gasteiger partial charge in [0.15, 0.2) is 28.9 Å². The van der Waals surface area contributed by atoms with E-state index in [1.807, 2.05) is 0 Å². The highest BCUT2D eigenvalue weighted by Gasteiger charge is 2.51. The number of morpholine rings is 1. The van der Waals surface area contributed by atoms with E-state index in [-0.39, 0.29) is 19.0 Å². The molecule has 1 aliphatic rings. The first-order chi connectivity index (χ1) is 18.2. The number of carbonyl (C=O) groups excluding carboxylic acids is 3. The largest absolute Gasteiger partial charge is 0.465 e. The number of aliphatic hydroxyl groups excluding tert-OH is 1. The zero-order valence-corrected chi connectivity index (χ0v) is 20.5. The lowest BCUT2D eigenvalue weighted by atomic mass is 9.94. The van der Waals surface area contributed by atoms with Crippen molar-refractivity contribution in [2.45, 2.75) is 18.6 Å². The van der Waals surface area contributed by atoms with Gasteiger partial charge in [-0.25, -0.2) is 9.48 Å². The third-order valence-corrected chi connectivity index (χ3v) is 6.33. The molecular weight excluding hydrogens is 496 g/mol. The van der Waals surface area contributed by atoms with Crippen molar-refractivity contribution in [2.24, 2.45) is 0 Å². The Morgan fingerprint density at radius 1 is 1.21 bits per heavy atom. The second kappa shape index (κ2) is 9.61. The summed E-state index contributed by atoms with van der Waals surface area (Å²) in [5.74, 6) is -1.40. The molecule has 1 saturated heterocycles. The number of nitrogen functional groups attached to an aromatic ring is 1.